The Morgan fingerprint density at radius 3 is 2.43 bits per heavy atom. The van der Waals surface area contributed by atoms with Crippen LogP contribution in [0.1, 0.15) is 11.7 Å². The Balaban J connectivity index is 1.98. The molecule has 0 bridgehead atoms. The van der Waals surface area contributed by atoms with Crippen LogP contribution in [0.3, 0.4) is 0 Å². The van der Waals surface area contributed by atoms with Gasteiger partial charge >= 0.3 is 0 Å². The number of amides is 1. The molecule has 1 heterocycles. The monoisotopic (exact) mass is 286 g/mol. The van der Waals surface area contributed by atoms with Crippen LogP contribution in [-0.4, -0.2) is 25.1 Å². The lowest BCUT2D eigenvalue weighted by Gasteiger charge is -2.21. The molecule has 108 valence electrons. The van der Waals surface area contributed by atoms with Gasteiger partial charge in [-0.25, -0.2) is 4.39 Å². The summed E-state index contributed by atoms with van der Waals surface area (Å²) in [6.45, 7) is 0. The van der Waals surface area contributed by atoms with Gasteiger partial charge in [0.1, 0.15) is 5.82 Å². The van der Waals surface area contributed by atoms with Gasteiger partial charge < -0.3 is 14.9 Å². The molecule has 3 rings (SSSR count). The van der Waals surface area contributed by atoms with Crippen LogP contribution in [0.2, 0.25) is 0 Å². The topological polar surface area (TPSA) is 43.8 Å². The third kappa shape index (κ3) is 2.15. The van der Waals surface area contributed by atoms with Gasteiger partial charge in [0.25, 0.3) is 5.91 Å². The van der Waals surface area contributed by atoms with Gasteiger partial charge in [-0.1, -0.05) is 6.07 Å². The molecule has 0 aromatic heterocycles. The first-order valence-corrected chi connectivity index (χ1v) is 6.58. The van der Waals surface area contributed by atoms with E-state index in [4.69, 9.17) is 0 Å². The van der Waals surface area contributed by atoms with Gasteiger partial charge in [-0.2, -0.15) is 0 Å². The molecule has 0 radical (unpaired) electrons. The van der Waals surface area contributed by atoms with Crippen LogP contribution in [0.4, 0.5) is 21.5 Å². The van der Waals surface area contributed by atoms with Crippen molar-refractivity contribution in [2.24, 2.45) is 0 Å². The van der Waals surface area contributed by atoms with Crippen molar-refractivity contribution in [3.8, 4) is 0 Å². The zero-order chi connectivity index (χ0) is 15.1. The number of hydrogen-bond donors (Lipinski definition) is 1. The van der Waals surface area contributed by atoms with Crippen LogP contribution >= 0.6 is 0 Å². The quantitative estimate of drug-likeness (QED) is 0.923. The van der Waals surface area contributed by atoms with Crippen LogP contribution in [0.15, 0.2) is 42.5 Å². The summed E-state index contributed by atoms with van der Waals surface area (Å²) < 4.78 is 13.0. The molecule has 1 atom stereocenters. The molecule has 2 aromatic carbocycles. The van der Waals surface area contributed by atoms with Crippen molar-refractivity contribution in [1.82, 2.24) is 0 Å². The molecule has 21 heavy (non-hydrogen) atoms. The fraction of sp³-hybridized carbons (Fsp3) is 0.188. The first kappa shape index (κ1) is 13.6. The summed E-state index contributed by atoms with van der Waals surface area (Å²) in [5, 5.41) is 9.85. The number of anilines is 3. The Labute approximate surface area is 122 Å². The molecular formula is C16H15FN2O2. The van der Waals surface area contributed by atoms with E-state index in [0.29, 0.717) is 11.3 Å². The molecule has 1 aliphatic heterocycles. The van der Waals surface area contributed by atoms with Crippen LogP contribution < -0.4 is 9.80 Å². The smallest absolute Gasteiger partial charge is 0.260 e. The predicted molar refractivity (Wildman–Crippen MR) is 79.3 cm³/mol. The highest BCUT2D eigenvalue weighted by Crippen LogP contribution is 2.38. The highest BCUT2D eigenvalue weighted by Gasteiger charge is 2.33. The van der Waals surface area contributed by atoms with E-state index in [0.717, 1.165) is 11.4 Å². The second-order valence-electron chi connectivity index (χ2n) is 5.08. The minimum absolute atomic E-state index is 0.283. The third-order valence-corrected chi connectivity index (χ3v) is 3.84. The lowest BCUT2D eigenvalue weighted by Crippen LogP contribution is -2.23. The molecule has 1 amide bonds. The molecule has 0 aliphatic carbocycles. The number of likely N-dealkylation sites (N-methyl/N-ethyl adjacent to an activating group) is 1. The average molecular weight is 286 g/mol. The molecule has 1 unspecified atom stereocenters. The van der Waals surface area contributed by atoms with E-state index in [1.54, 1.807) is 25.2 Å². The van der Waals surface area contributed by atoms with Gasteiger partial charge in [0, 0.05) is 31.0 Å². The Morgan fingerprint density at radius 2 is 1.76 bits per heavy atom. The normalized spacial score (nSPS) is 17.0. The van der Waals surface area contributed by atoms with E-state index in [1.165, 1.54) is 17.0 Å². The van der Waals surface area contributed by atoms with Crippen molar-refractivity contribution >= 4 is 23.0 Å². The first-order chi connectivity index (χ1) is 9.99. The number of nitrogens with zero attached hydrogens (tertiary/aromatic N) is 2. The van der Waals surface area contributed by atoms with E-state index in [2.05, 4.69) is 0 Å². The van der Waals surface area contributed by atoms with Gasteiger partial charge in [0.05, 0.1) is 5.69 Å². The van der Waals surface area contributed by atoms with Gasteiger partial charge in [-0.05, 0) is 36.4 Å². The number of carbonyl (C=O) groups is 1. The maximum Gasteiger partial charge on any atom is 0.260 e. The van der Waals surface area contributed by atoms with Crippen molar-refractivity contribution in [3.63, 3.8) is 0 Å². The van der Waals surface area contributed by atoms with E-state index >= 15 is 0 Å². The number of benzene rings is 2. The fourth-order valence-electron chi connectivity index (χ4n) is 2.51. The number of aliphatic hydroxyl groups is 1. The molecule has 4 nitrogen and oxygen atoms in total. The molecule has 0 saturated heterocycles. The summed E-state index contributed by atoms with van der Waals surface area (Å²) in [6.07, 6.45) is -1.09. The van der Waals surface area contributed by atoms with Crippen LogP contribution in [0.25, 0.3) is 0 Å². The molecule has 2 aromatic rings. The number of carbonyl (C=O) groups excluding carboxylic acids is 1. The largest absolute Gasteiger partial charge is 0.378 e. The number of aliphatic hydroxyl groups excluding tert-OH is 1. The van der Waals surface area contributed by atoms with Crippen molar-refractivity contribution in [1.29, 1.82) is 0 Å². The van der Waals surface area contributed by atoms with E-state index < -0.39 is 6.10 Å². The summed E-state index contributed by atoms with van der Waals surface area (Å²) in [4.78, 5) is 15.1. The Morgan fingerprint density at radius 1 is 1.14 bits per heavy atom. The number of halogens is 1. The number of fused-ring (bicyclic) bond motifs is 1. The van der Waals surface area contributed by atoms with Crippen LogP contribution in [0.5, 0.6) is 0 Å². The highest BCUT2D eigenvalue weighted by atomic mass is 19.1. The fourth-order valence-corrected chi connectivity index (χ4v) is 2.51. The van der Waals surface area contributed by atoms with Gasteiger partial charge in [-0.3, -0.25) is 4.79 Å². The summed E-state index contributed by atoms with van der Waals surface area (Å²) in [6, 6.07) is 11.6. The van der Waals surface area contributed by atoms with E-state index in [1.807, 2.05) is 24.1 Å². The standard InChI is InChI=1S/C16H15FN2O2/c1-18(11-5-3-10(17)4-6-11)12-7-8-13-14(9-12)19(2)16(21)15(13)20/h3-9,15,20H,1-2H3. The van der Waals surface area contributed by atoms with Gasteiger partial charge in [0.2, 0.25) is 0 Å². The second-order valence-corrected chi connectivity index (χ2v) is 5.08. The summed E-state index contributed by atoms with van der Waals surface area (Å²) in [7, 11) is 3.50. The van der Waals surface area contributed by atoms with Crippen molar-refractivity contribution in [2.45, 2.75) is 6.10 Å². The van der Waals surface area contributed by atoms with Crippen molar-refractivity contribution in [2.75, 3.05) is 23.9 Å². The predicted octanol–water partition coefficient (Wildman–Crippen LogP) is 2.60. The number of hydrogen-bond acceptors (Lipinski definition) is 3. The molecule has 0 spiro atoms. The molecule has 5 heteroatoms. The Kier molecular flexibility index (Phi) is 3.14. The lowest BCUT2D eigenvalue weighted by atomic mass is 10.1. The maximum atomic E-state index is 13.0. The third-order valence-electron chi connectivity index (χ3n) is 3.84. The van der Waals surface area contributed by atoms with E-state index in [9.17, 15) is 14.3 Å². The van der Waals surface area contributed by atoms with Gasteiger partial charge in [0.15, 0.2) is 6.10 Å². The average Bonchev–Trinajstić information content (AvgIpc) is 2.72. The molecule has 1 N–H and O–H groups in total. The minimum atomic E-state index is -1.09. The first-order valence-electron chi connectivity index (χ1n) is 6.58. The summed E-state index contributed by atoms with van der Waals surface area (Å²) in [5.41, 5.74) is 3.00. The minimum Gasteiger partial charge on any atom is -0.378 e. The summed E-state index contributed by atoms with van der Waals surface area (Å²) >= 11 is 0. The van der Waals surface area contributed by atoms with Crippen LogP contribution in [0, 0.1) is 5.82 Å². The maximum absolute atomic E-state index is 13.0. The highest BCUT2D eigenvalue weighted by molar-refractivity contribution is 6.04. The molecule has 1 aliphatic rings. The summed E-state index contributed by atoms with van der Waals surface area (Å²) in [5.74, 6) is -0.610. The lowest BCUT2D eigenvalue weighted by molar-refractivity contribution is -0.125. The molecular weight excluding hydrogens is 271 g/mol. The van der Waals surface area contributed by atoms with Crippen molar-refractivity contribution in [3.05, 3.63) is 53.8 Å². The van der Waals surface area contributed by atoms with E-state index in [-0.39, 0.29) is 11.7 Å². The SMILES string of the molecule is CN1C(=O)C(O)c2ccc(N(C)c3ccc(F)cc3)cc21. The zero-order valence-corrected chi connectivity index (χ0v) is 11.7. The second kappa shape index (κ2) is 4.86. The zero-order valence-electron chi connectivity index (χ0n) is 11.7. The van der Waals surface area contributed by atoms with Crippen molar-refractivity contribution < 1.29 is 14.3 Å². The van der Waals surface area contributed by atoms with Crippen LogP contribution in [-0.2, 0) is 4.79 Å². The Bertz CT molecular complexity index is 700. The Hall–Kier alpha value is -2.40. The number of rotatable bonds is 2. The molecule has 0 fully saturated rings. The van der Waals surface area contributed by atoms with Gasteiger partial charge in [-0.15, -0.1) is 0 Å². The molecule has 0 saturated carbocycles.